The van der Waals surface area contributed by atoms with Crippen LogP contribution in [0.4, 0.5) is 0 Å². The summed E-state index contributed by atoms with van der Waals surface area (Å²) in [6, 6.07) is 16.1. The number of nitrogens with zero attached hydrogens (tertiary/aromatic N) is 1. The fourth-order valence-corrected chi connectivity index (χ4v) is 3.18. The Balaban J connectivity index is 1.86. The summed E-state index contributed by atoms with van der Waals surface area (Å²) < 4.78 is 5.23. The molecule has 5 heteroatoms. The van der Waals surface area contributed by atoms with E-state index in [1.54, 1.807) is 18.9 Å². The van der Waals surface area contributed by atoms with E-state index in [1.807, 2.05) is 36.4 Å². The van der Waals surface area contributed by atoms with Crippen LogP contribution in [0, 0.1) is 0 Å². The lowest BCUT2D eigenvalue weighted by atomic mass is 10.1. The first-order valence-electron chi connectivity index (χ1n) is 6.75. The number of benzene rings is 2. The zero-order valence-electron chi connectivity index (χ0n) is 11.7. The standard InChI is InChI=1S/C16H17N3OS/c1-20-12-7-8-13-14(9-12)19-16(18-13)21-15(10-17)11-5-3-2-4-6-11/h2-9,15H,10,17H2,1H3,(H,18,19). The van der Waals surface area contributed by atoms with Crippen LogP contribution in [0.2, 0.25) is 0 Å². The van der Waals surface area contributed by atoms with Crippen LogP contribution in [0.5, 0.6) is 5.75 Å². The molecule has 1 atom stereocenters. The van der Waals surface area contributed by atoms with Crippen LogP contribution >= 0.6 is 11.8 Å². The maximum Gasteiger partial charge on any atom is 0.167 e. The van der Waals surface area contributed by atoms with Gasteiger partial charge in [-0.1, -0.05) is 42.1 Å². The van der Waals surface area contributed by atoms with Crippen molar-refractivity contribution in [1.29, 1.82) is 0 Å². The molecule has 3 rings (SSSR count). The largest absolute Gasteiger partial charge is 0.497 e. The molecule has 0 fully saturated rings. The Morgan fingerprint density at radius 2 is 2.05 bits per heavy atom. The van der Waals surface area contributed by atoms with Gasteiger partial charge >= 0.3 is 0 Å². The molecule has 108 valence electrons. The summed E-state index contributed by atoms with van der Waals surface area (Å²) in [6.07, 6.45) is 0. The van der Waals surface area contributed by atoms with E-state index in [9.17, 15) is 0 Å². The van der Waals surface area contributed by atoms with Crippen molar-refractivity contribution in [3.05, 3.63) is 54.1 Å². The van der Waals surface area contributed by atoms with E-state index < -0.39 is 0 Å². The summed E-state index contributed by atoms with van der Waals surface area (Å²) in [5.41, 5.74) is 9.03. The number of imidazole rings is 1. The van der Waals surface area contributed by atoms with Gasteiger partial charge in [-0.25, -0.2) is 4.98 Å². The van der Waals surface area contributed by atoms with Crippen molar-refractivity contribution in [2.75, 3.05) is 13.7 Å². The molecule has 0 amide bonds. The summed E-state index contributed by atoms with van der Waals surface area (Å²) in [7, 11) is 1.66. The average Bonchev–Trinajstić information content (AvgIpc) is 2.94. The lowest BCUT2D eigenvalue weighted by Gasteiger charge is -2.12. The van der Waals surface area contributed by atoms with E-state index in [0.717, 1.165) is 21.9 Å². The van der Waals surface area contributed by atoms with Gasteiger partial charge in [-0.15, -0.1) is 0 Å². The number of aromatic nitrogens is 2. The van der Waals surface area contributed by atoms with Gasteiger partial charge < -0.3 is 15.5 Å². The highest BCUT2D eigenvalue weighted by atomic mass is 32.2. The number of fused-ring (bicyclic) bond motifs is 1. The third-order valence-electron chi connectivity index (χ3n) is 3.31. The highest BCUT2D eigenvalue weighted by Crippen LogP contribution is 2.34. The molecular weight excluding hydrogens is 282 g/mol. The molecule has 1 unspecified atom stereocenters. The van der Waals surface area contributed by atoms with Crippen LogP contribution in [-0.2, 0) is 0 Å². The zero-order valence-corrected chi connectivity index (χ0v) is 12.6. The van der Waals surface area contributed by atoms with E-state index in [2.05, 4.69) is 22.1 Å². The van der Waals surface area contributed by atoms with Gasteiger partial charge in [0.05, 0.1) is 18.1 Å². The molecule has 0 saturated carbocycles. The van der Waals surface area contributed by atoms with Gasteiger partial charge in [-0.05, 0) is 17.7 Å². The van der Waals surface area contributed by atoms with Gasteiger partial charge in [0.25, 0.3) is 0 Å². The van der Waals surface area contributed by atoms with Crippen LogP contribution in [0.1, 0.15) is 10.8 Å². The van der Waals surface area contributed by atoms with Crippen LogP contribution in [-0.4, -0.2) is 23.6 Å². The number of methoxy groups -OCH3 is 1. The SMILES string of the molecule is COc1ccc2nc(SC(CN)c3ccccc3)[nH]c2c1. The molecule has 0 aliphatic rings. The molecule has 0 bridgehead atoms. The minimum atomic E-state index is 0.189. The Kier molecular flexibility index (Phi) is 4.13. The lowest BCUT2D eigenvalue weighted by Crippen LogP contribution is -2.09. The third kappa shape index (κ3) is 3.04. The average molecular weight is 299 g/mol. The Morgan fingerprint density at radius 1 is 1.24 bits per heavy atom. The monoisotopic (exact) mass is 299 g/mol. The molecule has 3 aromatic rings. The number of hydrogen-bond donors (Lipinski definition) is 2. The minimum absolute atomic E-state index is 0.189. The number of hydrogen-bond acceptors (Lipinski definition) is 4. The van der Waals surface area contributed by atoms with Gasteiger partial charge in [0.1, 0.15) is 5.75 Å². The summed E-state index contributed by atoms with van der Waals surface area (Å²) >= 11 is 1.65. The molecule has 0 aliphatic heterocycles. The van der Waals surface area contributed by atoms with Crippen molar-refractivity contribution < 1.29 is 4.74 Å². The zero-order chi connectivity index (χ0) is 14.7. The van der Waals surface area contributed by atoms with Crippen LogP contribution in [0.3, 0.4) is 0 Å². The first-order valence-corrected chi connectivity index (χ1v) is 7.63. The maximum atomic E-state index is 5.91. The number of rotatable bonds is 5. The molecule has 0 radical (unpaired) electrons. The Bertz CT molecular complexity index is 727. The number of H-pyrrole nitrogens is 1. The Hall–Kier alpha value is -1.98. The molecule has 4 nitrogen and oxygen atoms in total. The van der Waals surface area contributed by atoms with Gasteiger partial charge in [0.15, 0.2) is 5.16 Å². The van der Waals surface area contributed by atoms with E-state index in [0.29, 0.717) is 6.54 Å². The molecule has 0 spiro atoms. The van der Waals surface area contributed by atoms with Crippen LogP contribution in [0.25, 0.3) is 11.0 Å². The third-order valence-corrected chi connectivity index (χ3v) is 4.47. The maximum absolute atomic E-state index is 5.91. The van der Waals surface area contributed by atoms with Crippen molar-refractivity contribution in [3.63, 3.8) is 0 Å². The summed E-state index contributed by atoms with van der Waals surface area (Å²) in [5, 5.41) is 1.06. The molecule has 1 aromatic heterocycles. The van der Waals surface area contributed by atoms with Crippen molar-refractivity contribution in [2.24, 2.45) is 5.73 Å². The first-order chi connectivity index (χ1) is 10.3. The van der Waals surface area contributed by atoms with E-state index >= 15 is 0 Å². The second-order valence-electron chi connectivity index (χ2n) is 4.68. The van der Waals surface area contributed by atoms with Gasteiger partial charge in [0.2, 0.25) is 0 Å². The Labute approximate surface area is 127 Å². The summed E-state index contributed by atoms with van der Waals surface area (Å²) in [4.78, 5) is 7.92. The molecule has 21 heavy (non-hydrogen) atoms. The van der Waals surface area contributed by atoms with Crippen molar-refractivity contribution in [1.82, 2.24) is 9.97 Å². The summed E-state index contributed by atoms with van der Waals surface area (Å²) in [6.45, 7) is 0.565. The van der Waals surface area contributed by atoms with Crippen molar-refractivity contribution in [3.8, 4) is 5.75 Å². The van der Waals surface area contributed by atoms with Crippen LogP contribution < -0.4 is 10.5 Å². The first kappa shape index (κ1) is 14.0. The normalized spacial score (nSPS) is 12.5. The van der Waals surface area contributed by atoms with E-state index in [1.165, 1.54) is 5.56 Å². The fourth-order valence-electron chi connectivity index (χ4n) is 2.20. The number of ether oxygens (including phenoxy) is 1. The smallest absolute Gasteiger partial charge is 0.167 e. The molecule has 0 aliphatic carbocycles. The highest BCUT2D eigenvalue weighted by molar-refractivity contribution is 7.99. The molecule has 3 N–H and O–H groups in total. The lowest BCUT2D eigenvalue weighted by molar-refractivity contribution is 0.415. The fraction of sp³-hybridized carbons (Fsp3) is 0.188. The predicted octanol–water partition coefficient (Wildman–Crippen LogP) is 3.36. The summed E-state index contributed by atoms with van der Waals surface area (Å²) in [5.74, 6) is 0.820. The Morgan fingerprint density at radius 3 is 2.76 bits per heavy atom. The number of thioether (sulfide) groups is 1. The number of aromatic amines is 1. The van der Waals surface area contributed by atoms with Crippen LogP contribution in [0.15, 0.2) is 53.7 Å². The van der Waals surface area contributed by atoms with E-state index in [-0.39, 0.29) is 5.25 Å². The number of nitrogens with two attached hydrogens (primary N) is 1. The molecular formula is C16H17N3OS. The molecule has 2 aromatic carbocycles. The number of nitrogens with one attached hydrogen (secondary N) is 1. The van der Waals surface area contributed by atoms with Crippen molar-refractivity contribution >= 4 is 22.8 Å². The van der Waals surface area contributed by atoms with Gasteiger partial charge in [0, 0.05) is 17.9 Å². The minimum Gasteiger partial charge on any atom is -0.497 e. The van der Waals surface area contributed by atoms with Gasteiger partial charge in [-0.2, -0.15) is 0 Å². The predicted molar refractivity (Wildman–Crippen MR) is 86.7 cm³/mol. The van der Waals surface area contributed by atoms with Crippen molar-refractivity contribution in [2.45, 2.75) is 10.4 Å². The molecule has 1 heterocycles. The molecule has 0 saturated heterocycles. The highest BCUT2D eigenvalue weighted by Gasteiger charge is 2.14. The van der Waals surface area contributed by atoms with E-state index in [4.69, 9.17) is 10.5 Å². The van der Waals surface area contributed by atoms with Gasteiger partial charge in [-0.3, -0.25) is 0 Å². The quantitative estimate of drug-likeness (QED) is 0.709. The second kappa shape index (κ2) is 6.20. The topological polar surface area (TPSA) is 63.9 Å². The second-order valence-corrected chi connectivity index (χ2v) is 5.87.